The summed E-state index contributed by atoms with van der Waals surface area (Å²) in [7, 11) is 0. The molecule has 0 N–H and O–H groups in total. The van der Waals surface area contributed by atoms with Gasteiger partial charge in [0.15, 0.2) is 0 Å². The fourth-order valence-electron chi connectivity index (χ4n) is 2.20. The van der Waals surface area contributed by atoms with Crippen molar-refractivity contribution in [3.8, 4) is 0 Å². The Morgan fingerprint density at radius 1 is 0.833 bits per heavy atom. The zero-order chi connectivity index (χ0) is 13.7. The highest BCUT2D eigenvalue weighted by molar-refractivity contribution is 5.39. The van der Waals surface area contributed by atoms with E-state index in [1.165, 1.54) is 57.8 Å². The van der Waals surface area contributed by atoms with Crippen LogP contribution < -0.4 is 0 Å². The molecule has 0 aliphatic rings. The van der Waals surface area contributed by atoms with Gasteiger partial charge in [-0.1, -0.05) is 64.7 Å². The molecule has 2 nitrogen and oxygen atoms in total. The average Bonchev–Trinajstić information content (AvgIpc) is 2.31. The van der Waals surface area contributed by atoms with Crippen molar-refractivity contribution < 1.29 is 9.53 Å². The maximum absolute atomic E-state index is 10.2. The highest BCUT2D eigenvalue weighted by Gasteiger charge is 2.17. The van der Waals surface area contributed by atoms with Crippen molar-refractivity contribution in [2.24, 2.45) is 0 Å². The maximum Gasteiger partial charge on any atom is 0.418 e. The molecule has 0 saturated carbocycles. The van der Waals surface area contributed by atoms with Gasteiger partial charge in [-0.15, -0.1) is 0 Å². The summed E-state index contributed by atoms with van der Waals surface area (Å²) in [4.78, 5) is 10.2. The predicted molar refractivity (Wildman–Crippen MR) is 77.3 cm³/mol. The van der Waals surface area contributed by atoms with Gasteiger partial charge in [0.1, 0.15) is 5.60 Å². The Morgan fingerprint density at radius 3 is 1.72 bits per heavy atom. The third kappa shape index (κ3) is 11.9. The molecule has 107 valence electrons. The van der Waals surface area contributed by atoms with Crippen LogP contribution in [0.15, 0.2) is 0 Å². The van der Waals surface area contributed by atoms with E-state index < -0.39 is 0 Å². The molecule has 0 aliphatic heterocycles. The summed E-state index contributed by atoms with van der Waals surface area (Å²) in [6.45, 7) is 7.70. The van der Waals surface area contributed by atoms with Crippen molar-refractivity contribution in [1.29, 1.82) is 0 Å². The SMILES string of the molecule is CCCCCCCCCCCCC(C)(C)O[C]=O. The van der Waals surface area contributed by atoms with Crippen LogP contribution in [0.5, 0.6) is 0 Å². The van der Waals surface area contributed by atoms with Gasteiger partial charge in [-0.25, -0.2) is 4.79 Å². The van der Waals surface area contributed by atoms with E-state index in [-0.39, 0.29) is 5.60 Å². The van der Waals surface area contributed by atoms with Gasteiger partial charge < -0.3 is 4.74 Å². The summed E-state index contributed by atoms with van der Waals surface area (Å²) in [6, 6.07) is 0. The van der Waals surface area contributed by atoms with Crippen LogP contribution in [0.25, 0.3) is 0 Å². The first-order valence-corrected chi connectivity index (χ1v) is 7.67. The highest BCUT2D eigenvalue weighted by Crippen LogP contribution is 2.18. The van der Waals surface area contributed by atoms with Gasteiger partial charge in [0.05, 0.1) is 0 Å². The van der Waals surface area contributed by atoms with E-state index in [4.69, 9.17) is 4.74 Å². The number of carbonyl (C=O) groups excluding carboxylic acids is 1. The first-order valence-electron chi connectivity index (χ1n) is 7.67. The number of unbranched alkanes of at least 4 members (excludes halogenated alkanes) is 9. The van der Waals surface area contributed by atoms with Crippen LogP contribution in [0.3, 0.4) is 0 Å². The van der Waals surface area contributed by atoms with Crippen LogP contribution in [0.2, 0.25) is 0 Å². The molecule has 0 rings (SSSR count). The van der Waals surface area contributed by atoms with E-state index in [2.05, 4.69) is 6.92 Å². The number of rotatable bonds is 13. The minimum Gasteiger partial charge on any atom is -0.451 e. The maximum atomic E-state index is 10.2. The van der Waals surface area contributed by atoms with Crippen molar-refractivity contribution >= 4 is 6.47 Å². The third-order valence-corrected chi connectivity index (χ3v) is 3.45. The standard InChI is InChI=1S/C16H31O2/c1-4-5-6-7-8-9-10-11-12-13-14-16(2,3)18-15-17/h4-14H2,1-3H3. The monoisotopic (exact) mass is 255 g/mol. The van der Waals surface area contributed by atoms with Crippen molar-refractivity contribution in [2.75, 3.05) is 0 Å². The Morgan fingerprint density at radius 2 is 1.28 bits per heavy atom. The summed E-state index contributed by atoms with van der Waals surface area (Å²) in [5, 5.41) is 0. The topological polar surface area (TPSA) is 26.3 Å². The van der Waals surface area contributed by atoms with Crippen LogP contribution in [-0.2, 0) is 9.53 Å². The Balaban J connectivity index is 3.18. The first-order chi connectivity index (χ1) is 8.62. The van der Waals surface area contributed by atoms with Crippen LogP contribution >= 0.6 is 0 Å². The minimum atomic E-state index is -0.331. The molecular formula is C16H31O2. The van der Waals surface area contributed by atoms with Gasteiger partial charge in [-0.05, 0) is 26.7 Å². The second kappa shape index (κ2) is 11.6. The van der Waals surface area contributed by atoms with Crippen molar-refractivity contribution in [3.63, 3.8) is 0 Å². The Kier molecular flexibility index (Phi) is 11.2. The zero-order valence-corrected chi connectivity index (χ0v) is 12.6. The van der Waals surface area contributed by atoms with E-state index >= 15 is 0 Å². The average molecular weight is 255 g/mol. The summed E-state index contributed by atoms with van der Waals surface area (Å²) in [5.74, 6) is 0. The molecule has 0 saturated heterocycles. The minimum absolute atomic E-state index is 0.331. The fraction of sp³-hybridized carbons (Fsp3) is 0.938. The molecule has 0 unspecified atom stereocenters. The van der Waals surface area contributed by atoms with Gasteiger partial charge in [-0.3, -0.25) is 0 Å². The molecule has 0 aromatic carbocycles. The van der Waals surface area contributed by atoms with Gasteiger partial charge in [0, 0.05) is 0 Å². The van der Waals surface area contributed by atoms with E-state index in [0.717, 1.165) is 12.8 Å². The summed E-state index contributed by atoms with van der Waals surface area (Å²) < 4.78 is 4.91. The van der Waals surface area contributed by atoms with E-state index in [1.807, 2.05) is 13.8 Å². The molecule has 2 heteroatoms. The molecule has 0 spiro atoms. The predicted octanol–water partition coefficient (Wildman–Crippen LogP) is 5.16. The van der Waals surface area contributed by atoms with Crippen LogP contribution in [0, 0.1) is 0 Å². The van der Waals surface area contributed by atoms with Crippen LogP contribution in [-0.4, -0.2) is 12.1 Å². The van der Waals surface area contributed by atoms with Crippen molar-refractivity contribution in [1.82, 2.24) is 0 Å². The quantitative estimate of drug-likeness (QED) is 0.425. The lowest BCUT2D eigenvalue weighted by molar-refractivity contribution is 0.0772. The molecule has 18 heavy (non-hydrogen) atoms. The fourth-order valence-corrected chi connectivity index (χ4v) is 2.20. The van der Waals surface area contributed by atoms with Gasteiger partial charge >= 0.3 is 6.47 Å². The number of ether oxygens (including phenoxy) is 1. The Hall–Kier alpha value is -0.530. The number of hydrogen-bond donors (Lipinski definition) is 0. The zero-order valence-electron chi connectivity index (χ0n) is 12.6. The van der Waals surface area contributed by atoms with Crippen LogP contribution in [0.1, 0.15) is 91.4 Å². The Bertz CT molecular complexity index is 188. The Labute approximate surface area is 113 Å². The lowest BCUT2D eigenvalue weighted by Crippen LogP contribution is -2.23. The molecular weight excluding hydrogens is 224 g/mol. The van der Waals surface area contributed by atoms with Crippen molar-refractivity contribution in [3.05, 3.63) is 0 Å². The van der Waals surface area contributed by atoms with Crippen LogP contribution in [0.4, 0.5) is 0 Å². The van der Waals surface area contributed by atoms with Gasteiger partial charge in [0.25, 0.3) is 0 Å². The van der Waals surface area contributed by atoms with Gasteiger partial charge in [-0.2, -0.15) is 0 Å². The largest absolute Gasteiger partial charge is 0.451 e. The van der Waals surface area contributed by atoms with E-state index in [9.17, 15) is 4.79 Å². The third-order valence-electron chi connectivity index (χ3n) is 3.45. The molecule has 0 amide bonds. The highest BCUT2D eigenvalue weighted by atomic mass is 16.5. The normalized spacial score (nSPS) is 11.5. The smallest absolute Gasteiger partial charge is 0.418 e. The van der Waals surface area contributed by atoms with Crippen molar-refractivity contribution in [2.45, 2.75) is 97.0 Å². The number of hydrogen-bond acceptors (Lipinski definition) is 2. The molecule has 0 heterocycles. The second-order valence-corrected chi connectivity index (χ2v) is 5.88. The molecule has 0 fully saturated rings. The van der Waals surface area contributed by atoms with Gasteiger partial charge in [0.2, 0.25) is 0 Å². The lowest BCUT2D eigenvalue weighted by atomic mass is 9.99. The molecule has 0 atom stereocenters. The summed E-state index contributed by atoms with van der Waals surface area (Å²) in [5.41, 5.74) is -0.331. The molecule has 0 aromatic heterocycles. The molecule has 1 radical (unpaired) electrons. The van der Waals surface area contributed by atoms with E-state index in [1.54, 1.807) is 6.47 Å². The summed E-state index contributed by atoms with van der Waals surface area (Å²) >= 11 is 0. The lowest BCUT2D eigenvalue weighted by Gasteiger charge is -2.21. The first kappa shape index (κ1) is 17.5. The molecule has 0 aliphatic carbocycles. The molecule has 0 aromatic rings. The molecule has 0 bridgehead atoms. The van der Waals surface area contributed by atoms with E-state index in [0.29, 0.717) is 0 Å². The summed E-state index contributed by atoms with van der Waals surface area (Å²) in [6.07, 6.45) is 14.3. The second-order valence-electron chi connectivity index (χ2n) is 5.88.